The number of rotatable bonds is 6. The molecular weight excluding hydrogens is 432 g/mol. The Kier molecular flexibility index (Phi) is 5.69. The molecule has 0 aliphatic carbocycles. The molecule has 162 valence electrons. The van der Waals surface area contributed by atoms with E-state index in [-0.39, 0.29) is 71.2 Å². The first kappa shape index (κ1) is 21.3. The summed E-state index contributed by atoms with van der Waals surface area (Å²) in [6, 6.07) is 3.81. The fourth-order valence-electron chi connectivity index (χ4n) is 3.15. The molecule has 0 atom stereocenters. The number of benzene rings is 1. The molecule has 0 bridgehead atoms. The summed E-state index contributed by atoms with van der Waals surface area (Å²) < 4.78 is 39.3. The van der Waals surface area contributed by atoms with E-state index < -0.39 is 17.2 Å². The second-order valence-electron chi connectivity index (χ2n) is 7.25. The summed E-state index contributed by atoms with van der Waals surface area (Å²) in [6.45, 7) is 2.03. The van der Waals surface area contributed by atoms with Crippen molar-refractivity contribution < 1.29 is 22.8 Å². The van der Waals surface area contributed by atoms with Gasteiger partial charge in [0.05, 0.1) is 24.5 Å². The minimum atomic E-state index is -1.03. The third-order valence-corrected chi connectivity index (χ3v) is 5.07. The third kappa shape index (κ3) is 4.27. The zero-order valence-corrected chi connectivity index (χ0v) is 17.2. The third-order valence-electron chi connectivity index (χ3n) is 4.85. The van der Waals surface area contributed by atoms with Crippen molar-refractivity contribution in [3.8, 4) is 22.5 Å². The number of hydrogen-bond acceptors (Lipinski definition) is 7. The van der Waals surface area contributed by atoms with Crippen LogP contribution in [0.25, 0.3) is 22.5 Å². The summed E-state index contributed by atoms with van der Waals surface area (Å²) in [5.41, 5.74) is 5.54. The van der Waals surface area contributed by atoms with Crippen LogP contribution in [0.3, 0.4) is 0 Å². The second kappa shape index (κ2) is 8.29. The SMILES string of the molecule is Cc1nc(-c2c(F)cc(Cl)cc2-c2cnc(CCNC(=O)C3(N)COC3)c(F)c2)no1. The molecule has 4 rings (SSSR count). The lowest BCUT2D eigenvalue weighted by atomic mass is 9.98. The number of nitrogens with one attached hydrogen (secondary N) is 1. The smallest absolute Gasteiger partial charge is 0.244 e. The van der Waals surface area contributed by atoms with E-state index in [1.165, 1.54) is 18.3 Å². The van der Waals surface area contributed by atoms with Crippen molar-refractivity contribution in [2.45, 2.75) is 18.9 Å². The van der Waals surface area contributed by atoms with Crippen molar-refractivity contribution in [1.82, 2.24) is 20.4 Å². The van der Waals surface area contributed by atoms with Crippen LogP contribution in [0.1, 0.15) is 11.6 Å². The number of aromatic nitrogens is 3. The minimum Gasteiger partial charge on any atom is -0.376 e. The van der Waals surface area contributed by atoms with Crippen LogP contribution >= 0.6 is 11.6 Å². The van der Waals surface area contributed by atoms with Crippen LogP contribution in [-0.2, 0) is 16.0 Å². The van der Waals surface area contributed by atoms with E-state index in [9.17, 15) is 13.6 Å². The second-order valence-corrected chi connectivity index (χ2v) is 7.69. The van der Waals surface area contributed by atoms with Gasteiger partial charge in [0.2, 0.25) is 17.6 Å². The van der Waals surface area contributed by atoms with E-state index >= 15 is 0 Å². The number of pyridine rings is 1. The van der Waals surface area contributed by atoms with E-state index in [2.05, 4.69) is 20.4 Å². The van der Waals surface area contributed by atoms with Crippen LogP contribution < -0.4 is 11.1 Å². The number of amides is 1. The Morgan fingerprint density at radius 2 is 2.06 bits per heavy atom. The molecule has 1 aromatic carbocycles. The lowest BCUT2D eigenvalue weighted by Gasteiger charge is -2.35. The minimum absolute atomic E-state index is 0.0181. The summed E-state index contributed by atoms with van der Waals surface area (Å²) in [6.07, 6.45) is 1.54. The van der Waals surface area contributed by atoms with E-state index in [1.807, 2.05) is 0 Å². The highest BCUT2D eigenvalue weighted by molar-refractivity contribution is 6.31. The number of aryl methyl sites for hydroxylation is 1. The van der Waals surface area contributed by atoms with Crippen molar-refractivity contribution in [1.29, 1.82) is 0 Å². The summed E-state index contributed by atoms with van der Waals surface area (Å²) >= 11 is 6.01. The average Bonchev–Trinajstić information content (AvgIpc) is 3.12. The monoisotopic (exact) mass is 449 g/mol. The molecule has 2 aromatic heterocycles. The van der Waals surface area contributed by atoms with Crippen molar-refractivity contribution in [2.75, 3.05) is 19.8 Å². The number of nitrogens with zero attached hydrogens (tertiary/aromatic N) is 3. The molecule has 1 aliphatic rings. The van der Waals surface area contributed by atoms with Crippen molar-refractivity contribution >= 4 is 17.5 Å². The number of carbonyl (C=O) groups is 1. The largest absolute Gasteiger partial charge is 0.376 e. The lowest BCUT2D eigenvalue weighted by molar-refractivity contribution is -0.143. The molecule has 1 amide bonds. The number of nitrogens with two attached hydrogens (primary N) is 1. The first-order valence-corrected chi connectivity index (χ1v) is 9.74. The maximum Gasteiger partial charge on any atom is 0.244 e. The standard InChI is InChI=1S/C20H18ClF2N5O3/c1-10-27-18(28-31-10)17-13(5-12(21)6-15(17)23)11-4-14(22)16(26-7-11)2-3-25-19(29)20(24)8-30-9-20/h4-7H,2-3,8-9,24H2,1H3,(H,25,29). The Hall–Kier alpha value is -2.95. The Morgan fingerprint density at radius 3 is 2.68 bits per heavy atom. The molecule has 0 spiro atoms. The van der Waals surface area contributed by atoms with Gasteiger partial charge in [-0.2, -0.15) is 4.98 Å². The highest BCUT2D eigenvalue weighted by Gasteiger charge is 2.41. The van der Waals surface area contributed by atoms with Gasteiger partial charge in [-0.3, -0.25) is 9.78 Å². The Balaban J connectivity index is 1.56. The predicted octanol–water partition coefficient (Wildman–Crippen LogP) is 2.43. The molecule has 3 aromatic rings. The maximum absolute atomic E-state index is 14.7. The highest BCUT2D eigenvalue weighted by atomic mass is 35.5. The molecular formula is C20H18ClF2N5O3. The van der Waals surface area contributed by atoms with Crippen LogP contribution in [0.5, 0.6) is 0 Å². The van der Waals surface area contributed by atoms with Crippen LogP contribution in [-0.4, -0.2) is 46.3 Å². The molecule has 0 unspecified atom stereocenters. The fourth-order valence-corrected chi connectivity index (χ4v) is 3.36. The van der Waals surface area contributed by atoms with Gasteiger partial charge >= 0.3 is 0 Å². The molecule has 0 saturated carbocycles. The predicted molar refractivity (Wildman–Crippen MR) is 107 cm³/mol. The molecule has 8 nitrogen and oxygen atoms in total. The van der Waals surface area contributed by atoms with Gasteiger partial charge < -0.3 is 20.3 Å². The van der Waals surface area contributed by atoms with Crippen LogP contribution in [0, 0.1) is 18.6 Å². The van der Waals surface area contributed by atoms with E-state index in [1.54, 1.807) is 6.92 Å². The van der Waals surface area contributed by atoms with Crippen LogP contribution in [0.4, 0.5) is 8.78 Å². The van der Waals surface area contributed by atoms with Crippen molar-refractivity contribution in [2.24, 2.45) is 5.73 Å². The van der Waals surface area contributed by atoms with Gasteiger partial charge in [0.1, 0.15) is 17.2 Å². The summed E-state index contributed by atoms with van der Waals surface area (Å²) in [4.78, 5) is 20.2. The van der Waals surface area contributed by atoms with Crippen molar-refractivity contribution in [3.63, 3.8) is 0 Å². The Bertz CT molecular complexity index is 1150. The van der Waals surface area contributed by atoms with Gasteiger partial charge in [-0.15, -0.1) is 0 Å². The Labute approximate surface area is 180 Å². The highest BCUT2D eigenvalue weighted by Crippen LogP contribution is 2.35. The van der Waals surface area contributed by atoms with Gasteiger partial charge in [0.25, 0.3) is 0 Å². The molecule has 1 aliphatic heterocycles. The van der Waals surface area contributed by atoms with Gasteiger partial charge in [0.15, 0.2) is 0 Å². The van der Waals surface area contributed by atoms with Crippen LogP contribution in [0.2, 0.25) is 5.02 Å². The maximum atomic E-state index is 14.7. The lowest BCUT2D eigenvalue weighted by Crippen LogP contribution is -2.66. The topological polar surface area (TPSA) is 116 Å². The van der Waals surface area contributed by atoms with E-state index in [4.69, 9.17) is 26.6 Å². The summed E-state index contributed by atoms with van der Waals surface area (Å²) in [5.74, 6) is -1.37. The first-order chi connectivity index (χ1) is 14.8. The average molecular weight is 450 g/mol. The zero-order valence-electron chi connectivity index (χ0n) is 16.4. The number of carbonyl (C=O) groups excluding carboxylic acids is 1. The first-order valence-electron chi connectivity index (χ1n) is 9.36. The normalized spacial score (nSPS) is 14.9. The summed E-state index contributed by atoms with van der Waals surface area (Å²) in [7, 11) is 0. The zero-order chi connectivity index (χ0) is 22.2. The van der Waals surface area contributed by atoms with Crippen LogP contribution in [0.15, 0.2) is 28.9 Å². The van der Waals surface area contributed by atoms with E-state index in [0.717, 1.165) is 6.07 Å². The quantitative estimate of drug-likeness (QED) is 0.593. The molecule has 1 saturated heterocycles. The number of ether oxygens (including phenoxy) is 1. The molecule has 0 radical (unpaired) electrons. The fraction of sp³-hybridized carbons (Fsp3) is 0.300. The number of hydrogen-bond donors (Lipinski definition) is 2. The van der Waals surface area contributed by atoms with Crippen molar-refractivity contribution in [3.05, 3.63) is 52.6 Å². The summed E-state index contributed by atoms with van der Waals surface area (Å²) in [5, 5.41) is 6.52. The van der Waals surface area contributed by atoms with E-state index in [0.29, 0.717) is 0 Å². The molecule has 11 heteroatoms. The molecule has 3 N–H and O–H groups in total. The Morgan fingerprint density at radius 1 is 1.29 bits per heavy atom. The molecule has 3 heterocycles. The molecule has 31 heavy (non-hydrogen) atoms. The van der Waals surface area contributed by atoms with Gasteiger partial charge in [-0.1, -0.05) is 16.8 Å². The van der Waals surface area contributed by atoms with Gasteiger partial charge in [0, 0.05) is 36.7 Å². The van der Waals surface area contributed by atoms with Gasteiger partial charge in [-0.05, 0) is 23.8 Å². The molecule has 1 fully saturated rings. The number of halogens is 3. The van der Waals surface area contributed by atoms with Gasteiger partial charge in [-0.25, -0.2) is 8.78 Å².